The monoisotopic (exact) mass is 470 g/mol. The molecule has 178 valence electrons. The second-order valence-corrected chi connectivity index (χ2v) is 15.0. The van der Waals surface area contributed by atoms with Gasteiger partial charge in [0.25, 0.3) is 0 Å². The van der Waals surface area contributed by atoms with Gasteiger partial charge in [0.2, 0.25) is 5.88 Å². The molecule has 2 aromatic rings. The van der Waals surface area contributed by atoms with E-state index < -0.39 is 25.9 Å². The van der Waals surface area contributed by atoms with Crippen LogP contribution in [0.25, 0.3) is 11.4 Å². The van der Waals surface area contributed by atoms with Crippen LogP contribution in [0.2, 0.25) is 18.1 Å². The topological polar surface area (TPSA) is 131 Å². The van der Waals surface area contributed by atoms with Crippen LogP contribution in [0, 0.1) is 11.3 Å². The van der Waals surface area contributed by atoms with Crippen molar-refractivity contribution in [3.63, 3.8) is 0 Å². The van der Waals surface area contributed by atoms with Crippen LogP contribution in [-0.2, 0) is 4.74 Å². The molecule has 0 aliphatic heterocycles. The van der Waals surface area contributed by atoms with Crippen molar-refractivity contribution in [2.45, 2.75) is 71.0 Å². The van der Waals surface area contributed by atoms with Gasteiger partial charge in [0.05, 0.1) is 32.0 Å². The van der Waals surface area contributed by atoms with Gasteiger partial charge >= 0.3 is 5.97 Å². The Bertz CT molecular complexity index is 1040. The summed E-state index contributed by atoms with van der Waals surface area (Å²) in [5.74, 6) is -0.612. The molecule has 3 N–H and O–H groups in total. The standard InChI is InChI=1S/C24H34N4O4Si/c1-8-17(23(30)33(6,7)24(3,4)5)32-21-18(22(29)31-9-2)19(26)27-20(28-21)16-12-10-11-15(13-16)14-25/h10-13,17,23,30H,8-9H2,1-7H3,(H2,26,27,28). The molecule has 0 bridgehead atoms. The van der Waals surface area contributed by atoms with E-state index in [2.05, 4.69) is 49.9 Å². The molecular formula is C24H34N4O4Si. The van der Waals surface area contributed by atoms with Gasteiger partial charge in [-0.05, 0) is 30.5 Å². The van der Waals surface area contributed by atoms with E-state index in [1.165, 1.54) is 0 Å². The molecule has 2 unspecified atom stereocenters. The van der Waals surface area contributed by atoms with Crippen molar-refractivity contribution in [3.8, 4) is 23.3 Å². The zero-order valence-corrected chi connectivity index (χ0v) is 21.5. The molecule has 2 atom stereocenters. The van der Waals surface area contributed by atoms with Gasteiger partial charge in [0.1, 0.15) is 11.9 Å². The number of nitriles is 1. The van der Waals surface area contributed by atoms with Gasteiger partial charge in [0.15, 0.2) is 11.4 Å². The summed E-state index contributed by atoms with van der Waals surface area (Å²) in [5, 5.41) is 20.4. The van der Waals surface area contributed by atoms with Crippen molar-refractivity contribution in [1.82, 2.24) is 9.97 Å². The van der Waals surface area contributed by atoms with E-state index >= 15 is 0 Å². The Kier molecular flexibility index (Phi) is 8.22. The number of carbonyl (C=O) groups is 1. The van der Waals surface area contributed by atoms with Crippen molar-refractivity contribution in [3.05, 3.63) is 35.4 Å². The zero-order chi connectivity index (χ0) is 25.0. The normalized spacial score (nSPS) is 13.7. The minimum absolute atomic E-state index is 0.0390. The van der Waals surface area contributed by atoms with Crippen LogP contribution in [0.1, 0.15) is 57.0 Å². The third kappa shape index (κ3) is 5.70. The third-order valence-electron chi connectivity index (χ3n) is 6.32. The first-order valence-electron chi connectivity index (χ1n) is 11.1. The summed E-state index contributed by atoms with van der Waals surface area (Å²) in [5.41, 5.74) is 6.36. The number of anilines is 1. The highest BCUT2D eigenvalue weighted by Gasteiger charge is 2.45. The summed E-state index contributed by atoms with van der Waals surface area (Å²) in [6.45, 7) is 14.3. The number of aliphatic hydroxyl groups excluding tert-OH is 1. The first-order valence-corrected chi connectivity index (χ1v) is 14.1. The van der Waals surface area contributed by atoms with Gasteiger partial charge in [-0.3, -0.25) is 0 Å². The number of hydrogen-bond acceptors (Lipinski definition) is 8. The maximum atomic E-state index is 12.7. The van der Waals surface area contributed by atoms with Crippen LogP contribution >= 0.6 is 0 Å². The number of ether oxygens (including phenoxy) is 2. The Morgan fingerprint density at radius 3 is 2.48 bits per heavy atom. The highest BCUT2D eigenvalue weighted by atomic mass is 28.3. The van der Waals surface area contributed by atoms with Crippen LogP contribution in [0.4, 0.5) is 5.82 Å². The number of nitrogens with two attached hydrogens (primary N) is 1. The predicted molar refractivity (Wildman–Crippen MR) is 130 cm³/mol. The quantitative estimate of drug-likeness (QED) is 0.430. The Balaban J connectivity index is 2.61. The molecule has 1 aromatic carbocycles. The zero-order valence-electron chi connectivity index (χ0n) is 20.5. The number of nitrogens with zero attached hydrogens (tertiary/aromatic N) is 3. The van der Waals surface area contributed by atoms with Gasteiger partial charge in [-0.1, -0.05) is 52.9 Å². The number of esters is 1. The summed E-state index contributed by atoms with van der Waals surface area (Å²) in [6.07, 6.45) is -0.106. The van der Waals surface area contributed by atoms with Crippen LogP contribution in [0.5, 0.6) is 5.88 Å². The maximum absolute atomic E-state index is 12.7. The first kappa shape index (κ1) is 26.3. The van der Waals surface area contributed by atoms with E-state index in [0.29, 0.717) is 17.5 Å². The molecule has 0 aliphatic rings. The first-order chi connectivity index (χ1) is 15.4. The summed E-state index contributed by atoms with van der Waals surface area (Å²) in [4.78, 5) is 21.4. The Hall–Kier alpha value is -2.96. The average molecular weight is 471 g/mol. The molecule has 33 heavy (non-hydrogen) atoms. The lowest BCUT2D eigenvalue weighted by Gasteiger charge is -2.43. The van der Waals surface area contributed by atoms with Gasteiger partial charge in [-0.25, -0.2) is 9.78 Å². The number of hydrogen-bond donors (Lipinski definition) is 2. The summed E-state index contributed by atoms with van der Waals surface area (Å²) >= 11 is 0. The van der Waals surface area contributed by atoms with E-state index in [4.69, 9.17) is 15.2 Å². The van der Waals surface area contributed by atoms with E-state index in [0.717, 1.165) is 0 Å². The van der Waals surface area contributed by atoms with Crippen molar-refractivity contribution >= 4 is 19.9 Å². The molecule has 2 rings (SSSR count). The number of rotatable bonds is 8. The van der Waals surface area contributed by atoms with Crippen molar-refractivity contribution < 1.29 is 19.4 Å². The molecular weight excluding hydrogens is 436 g/mol. The molecule has 0 spiro atoms. The molecule has 0 radical (unpaired) electrons. The third-order valence-corrected chi connectivity index (χ3v) is 12.0. The second-order valence-electron chi connectivity index (χ2n) is 9.51. The van der Waals surface area contributed by atoms with Crippen molar-refractivity contribution in [2.75, 3.05) is 12.3 Å². The fraction of sp³-hybridized carbons (Fsp3) is 0.500. The number of carbonyl (C=O) groups excluding carboxylic acids is 1. The summed E-state index contributed by atoms with van der Waals surface area (Å²) in [6, 6.07) is 8.83. The van der Waals surface area contributed by atoms with Crippen LogP contribution in [0.15, 0.2) is 24.3 Å². The lowest BCUT2D eigenvalue weighted by atomic mass is 10.1. The highest BCUT2D eigenvalue weighted by Crippen LogP contribution is 2.40. The predicted octanol–water partition coefficient (Wildman–Crippen LogP) is 4.34. The minimum Gasteiger partial charge on any atom is -0.471 e. The van der Waals surface area contributed by atoms with Crippen LogP contribution in [-0.4, -0.2) is 47.6 Å². The lowest BCUT2D eigenvalue weighted by molar-refractivity contribution is 0.0491. The van der Waals surface area contributed by atoms with E-state index in [1.807, 2.05) is 6.92 Å². The minimum atomic E-state index is -2.21. The average Bonchev–Trinajstić information content (AvgIpc) is 2.75. The molecule has 9 heteroatoms. The molecule has 0 amide bonds. The smallest absolute Gasteiger partial charge is 0.347 e. The molecule has 0 fully saturated rings. The summed E-state index contributed by atoms with van der Waals surface area (Å²) < 4.78 is 11.3. The Morgan fingerprint density at radius 1 is 1.27 bits per heavy atom. The van der Waals surface area contributed by atoms with Crippen LogP contribution in [0.3, 0.4) is 0 Å². The van der Waals surface area contributed by atoms with E-state index in [9.17, 15) is 15.2 Å². The SMILES string of the molecule is CCOC(=O)c1c(N)nc(-c2cccc(C#N)c2)nc1OC(CC)C(O)[Si](C)(C)C(C)(C)C. The maximum Gasteiger partial charge on any atom is 0.347 e. The number of aromatic nitrogens is 2. The van der Waals surface area contributed by atoms with Crippen molar-refractivity contribution in [2.24, 2.45) is 0 Å². The fourth-order valence-electron chi connectivity index (χ4n) is 3.22. The van der Waals surface area contributed by atoms with Gasteiger partial charge in [0, 0.05) is 5.56 Å². The van der Waals surface area contributed by atoms with Gasteiger partial charge in [-0.15, -0.1) is 0 Å². The highest BCUT2D eigenvalue weighted by molar-refractivity contribution is 6.81. The number of benzene rings is 1. The Morgan fingerprint density at radius 2 is 1.94 bits per heavy atom. The van der Waals surface area contributed by atoms with E-state index in [-0.39, 0.29) is 34.7 Å². The molecule has 0 saturated heterocycles. The van der Waals surface area contributed by atoms with Crippen LogP contribution < -0.4 is 10.5 Å². The van der Waals surface area contributed by atoms with Gasteiger partial charge in [-0.2, -0.15) is 10.2 Å². The fourth-order valence-corrected chi connectivity index (χ4v) is 5.34. The second kappa shape index (κ2) is 10.3. The molecule has 1 aromatic heterocycles. The molecule has 0 aliphatic carbocycles. The molecule has 1 heterocycles. The number of aliphatic hydroxyl groups is 1. The Labute approximate surface area is 196 Å². The van der Waals surface area contributed by atoms with Gasteiger partial charge < -0.3 is 20.3 Å². The summed E-state index contributed by atoms with van der Waals surface area (Å²) in [7, 11) is -2.21. The van der Waals surface area contributed by atoms with E-state index in [1.54, 1.807) is 31.2 Å². The lowest BCUT2D eigenvalue weighted by Crippen LogP contribution is -2.56. The molecule has 8 nitrogen and oxygen atoms in total. The molecule has 0 saturated carbocycles. The van der Waals surface area contributed by atoms with Crippen molar-refractivity contribution in [1.29, 1.82) is 5.26 Å². The largest absolute Gasteiger partial charge is 0.471 e. The number of nitrogen functional groups attached to an aromatic ring is 1.